The van der Waals surface area contributed by atoms with Crippen LogP contribution >= 0.6 is 15.9 Å². The summed E-state index contributed by atoms with van der Waals surface area (Å²) in [4.78, 5) is 0. The first-order chi connectivity index (χ1) is 8.91. The van der Waals surface area contributed by atoms with E-state index in [4.69, 9.17) is 0 Å². The van der Waals surface area contributed by atoms with Gasteiger partial charge in [-0.15, -0.1) is 0 Å². The maximum Gasteiger partial charge on any atom is 0.417 e. The number of alkyl halides is 3. The van der Waals surface area contributed by atoms with E-state index in [0.29, 0.717) is 11.5 Å². The van der Waals surface area contributed by atoms with Crippen LogP contribution in [0.15, 0.2) is 22.7 Å². The highest BCUT2D eigenvalue weighted by Crippen LogP contribution is 2.39. The molecule has 106 valence electrons. The molecule has 1 fully saturated rings. The second kappa shape index (κ2) is 5.83. The summed E-state index contributed by atoms with van der Waals surface area (Å²) in [6, 6.07) is 4.51. The Hall–Kier alpha value is -0.550. The molecule has 2 rings (SSSR count). The number of benzene rings is 1. The highest BCUT2D eigenvalue weighted by Gasteiger charge is 2.34. The van der Waals surface area contributed by atoms with Gasteiger partial charge in [0, 0.05) is 10.5 Å². The van der Waals surface area contributed by atoms with Gasteiger partial charge in [-0.25, -0.2) is 0 Å². The fraction of sp³-hybridized carbons (Fsp3) is 0.571. The SMILES string of the molecule is CNC(CC1CCC1)c1ccc(Br)c(C(F)(F)F)c1. The number of hydrogen-bond acceptors (Lipinski definition) is 1. The van der Waals surface area contributed by atoms with Gasteiger partial charge >= 0.3 is 6.18 Å². The molecule has 1 N–H and O–H groups in total. The van der Waals surface area contributed by atoms with E-state index in [1.165, 1.54) is 31.4 Å². The van der Waals surface area contributed by atoms with Gasteiger partial charge in [-0.1, -0.05) is 41.3 Å². The predicted molar refractivity (Wildman–Crippen MR) is 72.9 cm³/mol. The van der Waals surface area contributed by atoms with Crippen molar-refractivity contribution in [2.24, 2.45) is 5.92 Å². The van der Waals surface area contributed by atoms with Gasteiger partial charge in [-0.3, -0.25) is 0 Å². The smallest absolute Gasteiger partial charge is 0.313 e. The lowest BCUT2D eigenvalue weighted by atomic mass is 9.79. The molecule has 0 heterocycles. The van der Waals surface area contributed by atoms with E-state index >= 15 is 0 Å². The van der Waals surface area contributed by atoms with Crippen LogP contribution in [0.1, 0.15) is 42.9 Å². The normalized spacial score (nSPS) is 18.2. The standard InChI is InChI=1S/C14H17BrF3N/c1-19-13(7-9-3-2-4-9)10-5-6-12(15)11(8-10)14(16,17)18/h5-6,8-9,13,19H,2-4,7H2,1H3. The average Bonchev–Trinajstić information content (AvgIpc) is 2.28. The molecule has 1 atom stereocenters. The van der Waals surface area contributed by atoms with Gasteiger partial charge in [0.05, 0.1) is 5.56 Å². The second-order valence-electron chi connectivity index (χ2n) is 5.11. The summed E-state index contributed by atoms with van der Waals surface area (Å²) in [6.07, 6.45) is 0.232. The largest absolute Gasteiger partial charge is 0.417 e. The van der Waals surface area contributed by atoms with Crippen LogP contribution in [-0.2, 0) is 6.18 Å². The summed E-state index contributed by atoms with van der Waals surface area (Å²) in [7, 11) is 1.80. The van der Waals surface area contributed by atoms with Gasteiger partial charge in [-0.2, -0.15) is 13.2 Å². The lowest BCUT2D eigenvalue weighted by Gasteiger charge is -2.30. The van der Waals surface area contributed by atoms with Crippen molar-refractivity contribution in [3.05, 3.63) is 33.8 Å². The Balaban J connectivity index is 2.22. The summed E-state index contributed by atoms with van der Waals surface area (Å²) < 4.78 is 38.8. The first-order valence-corrected chi connectivity index (χ1v) is 7.25. The Labute approximate surface area is 119 Å². The average molecular weight is 336 g/mol. The third-order valence-corrected chi connectivity index (χ3v) is 4.53. The van der Waals surface area contributed by atoms with Crippen molar-refractivity contribution in [3.8, 4) is 0 Å². The van der Waals surface area contributed by atoms with E-state index in [1.54, 1.807) is 13.1 Å². The van der Waals surface area contributed by atoms with Crippen LogP contribution in [0, 0.1) is 5.92 Å². The first kappa shape index (κ1) is 14.9. The number of hydrogen-bond donors (Lipinski definition) is 1. The number of nitrogens with one attached hydrogen (secondary N) is 1. The quantitative estimate of drug-likeness (QED) is 0.823. The van der Waals surface area contributed by atoms with Crippen molar-refractivity contribution in [2.45, 2.75) is 37.9 Å². The fourth-order valence-electron chi connectivity index (χ4n) is 2.46. The van der Waals surface area contributed by atoms with E-state index in [2.05, 4.69) is 21.2 Å². The predicted octanol–water partition coefficient (Wildman–Crippen LogP) is 4.92. The summed E-state index contributed by atoms with van der Waals surface area (Å²) in [6.45, 7) is 0. The van der Waals surface area contributed by atoms with Crippen LogP contribution in [0.2, 0.25) is 0 Å². The van der Waals surface area contributed by atoms with Crippen LogP contribution in [-0.4, -0.2) is 7.05 Å². The molecule has 1 saturated carbocycles. The van der Waals surface area contributed by atoms with Gasteiger partial charge in [0.25, 0.3) is 0 Å². The molecule has 0 bridgehead atoms. The van der Waals surface area contributed by atoms with E-state index in [0.717, 1.165) is 6.42 Å². The summed E-state index contributed by atoms with van der Waals surface area (Å²) in [5, 5.41) is 3.13. The Morgan fingerprint density at radius 2 is 2.05 bits per heavy atom. The minimum absolute atomic E-state index is 0.000463. The van der Waals surface area contributed by atoms with Crippen molar-refractivity contribution < 1.29 is 13.2 Å². The first-order valence-electron chi connectivity index (χ1n) is 6.45. The summed E-state index contributed by atoms with van der Waals surface area (Å²) in [5.41, 5.74) is 0.115. The fourth-order valence-corrected chi connectivity index (χ4v) is 2.93. The monoisotopic (exact) mass is 335 g/mol. The Morgan fingerprint density at radius 1 is 1.37 bits per heavy atom. The molecule has 19 heavy (non-hydrogen) atoms. The van der Waals surface area contributed by atoms with Gasteiger partial charge in [-0.05, 0) is 37.1 Å². The van der Waals surface area contributed by atoms with Gasteiger partial charge in [0.2, 0.25) is 0 Å². The molecule has 0 radical (unpaired) electrons. The Morgan fingerprint density at radius 3 is 2.53 bits per heavy atom. The van der Waals surface area contributed by atoms with Crippen molar-refractivity contribution in [2.75, 3.05) is 7.05 Å². The molecule has 1 aromatic rings. The molecule has 0 saturated heterocycles. The third-order valence-electron chi connectivity index (χ3n) is 3.84. The minimum atomic E-state index is -4.32. The van der Waals surface area contributed by atoms with Crippen LogP contribution in [0.5, 0.6) is 0 Å². The van der Waals surface area contributed by atoms with Crippen molar-refractivity contribution >= 4 is 15.9 Å². The molecule has 0 amide bonds. The van der Waals surface area contributed by atoms with Crippen molar-refractivity contribution in [3.63, 3.8) is 0 Å². The Kier molecular flexibility index (Phi) is 4.56. The molecule has 5 heteroatoms. The number of halogens is 4. The maximum atomic E-state index is 12.9. The topological polar surface area (TPSA) is 12.0 Å². The molecule has 1 unspecified atom stereocenters. The van der Waals surface area contributed by atoms with E-state index < -0.39 is 11.7 Å². The summed E-state index contributed by atoms with van der Waals surface area (Å²) in [5.74, 6) is 0.649. The Bertz CT molecular complexity index is 441. The maximum absolute atomic E-state index is 12.9. The zero-order chi connectivity index (χ0) is 14.0. The lowest BCUT2D eigenvalue weighted by molar-refractivity contribution is -0.138. The van der Waals surface area contributed by atoms with E-state index in [1.807, 2.05) is 0 Å². The van der Waals surface area contributed by atoms with Gasteiger partial charge in [0.15, 0.2) is 0 Å². The molecule has 1 aromatic carbocycles. The lowest BCUT2D eigenvalue weighted by Crippen LogP contribution is -2.23. The van der Waals surface area contributed by atoms with Crippen LogP contribution in [0.3, 0.4) is 0 Å². The van der Waals surface area contributed by atoms with Crippen LogP contribution < -0.4 is 5.32 Å². The van der Waals surface area contributed by atoms with Crippen LogP contribution in [0.25, 0.3) is 0 Å². The van der Waals surface area contributed by atoms with Gasteiger partial charge in [0.1, 0.15) is 0 Å². The molecule has 0 aromatic heterocycles. The molecular formula is C14H17BrF3N. The zero-order valence-electron chi connectivity index (χ0n) is 10.7. The molecular weight excluding hydrogens is 319 g/mol. The third kappa shape index (κ3) is 3.51. The molecule has 0 spiro atoms. The molecule has 0 aliphatic heterocycles. The van der Waals surface area contributed by atoms with Crippen LogP contribution in [0.4, 0.5) is 13.2 Å². The zero-order valence-corrected chi connectivity index (χ0v) is 12.3. The van der Waals surface area contributed by atoms with Crippen molar-refractivity contribution in [1.82, 2.24) is 5.32 Å². The number of rotatable bonds is 4. The summed E-state index contributed by atoms with van der Waals surface area (Å²) >= 11 is 2.97. The van der Waals surface area contributed by atoms with Gasteiger partial charge < -0.3 is 5.32 Å². The highest BCUT2D eigenvalue weighted by atomic mass is 79.9. The highest BCUT2D eigenvalue weighted by molar-refractivity contribution is 9.10. The molecule has 1 aliphatic rings. The second-order valence-corrected chi connectivity index (χ2v) is 5.97. The van der Waals surface area contributed by atoms with E-state index in [9.17, 15) is 13.2 Å². The minimum Gasteiger partial charge on any atom is -0.313 e. The molecule has 1 aliphatic carbocycles. The molecule has 1 nitrogen and oxygen atoms in total. The van der Waals surface area contributed by atoms with Crippen molar-refractivity contribution in [1.29, 1.82) is 0 Å². The van der Waals surface area contributed by atoms with E-state index in [-0.39, 0.29) is 10.5 Å².